The summed E-state index contributed by atoms with van der Waals surface area (Å²) in [4.78, 5) is 13.1. The predicted octanol–water partition coefficient (Wildman–Crippen LogP) is 1.54. The molecular weight excluding hydrogens is 162 g/mol. The number of rotatable bonds is 2. The minimum Gasteiger partial charge on any atom is -0.346 e. The molecule has 1 aliphatic carbocycles. The van der Waals surface area contributed by atoms with E-state index in [-0.39, 0.29) is 12.4 Å². The molecule has 0 aliphatic heterocycles. The summed E-state index contributed by atoms with van der Waals surface area (Å²) in [5, 5.41) is 0. The van der Waals surface area contributed by atoms with Crippen LogP contribution in [0.3, 0.4) is 0 Å². The molecule has 0 aromatic rings. The van der Waals surface area contributed by atoms with Gasteiger partial charge in [0.2, 0.25) is 5.91 Å². The van der Waals surface area contributed by atoms with Gasteiger partial charge in [0, 0.05) is 19.5 Å². The molecule has 66 valence electrons. The molecule has 2 nitrogen and oxygen atoms in total. The first-order chi connectivity index (χ1) is 4.66. The number of halogens is 1. The van der Waals surface area contributed by atoms with Crippen LogP contribution in [-0.4, -0.2) is 24.4 Å². The summed E-state index contributed by atoms with van der Waals surface area (Å²) < 4.78 is 0. The lowest BCUT2D eigenvalue weighted by Crippen LogP contribution is -2.27. The maximum atomic E-state index is 11.3. The highest BCUT2D eigenvalue weighted by Crippen LogP contribution is 2.38. The Hall–Kier alpha value is -0.240. The van der Waals surface area contributed by atoms with Gasteiger partial charge in [0.25, 0.3) is 0 Å². The highest BCUT2D eigenvalue weighted by atomic mass is 35.5. The summed E-state index contributed by atoms with van der Waals surface area (Å²) in [5.41, 5.74) is 0. The van der Waals surface area contributed by atoms with Crippen LogP contribution in [0.4, 0.5) is 0 Å². The van der Waals surface area contributed by atoms with Crippen LogP contribution in [0.2, 0.25) is 0 Å². The van der Waals surface area contributed by atoms with Gasteiger partial charge in [-0.15, -0.1) is 12.4 Å². The van der Waals surface area contributed by atoms with E-state index >= 15 is 0 Å². The van der Waals surface area contributed by atoms with E-state index in [0.29, 0.717) is 17.7 Å². The van der Waals surface area contributed by atoms with Crippen molar-refractivity contribution in [1.29, 1.82) is 0 Å². The molecule has 1 fully saturated rings. The topological polar surface area (TPSA) is 20.3 Å². The van der Waals surface area contributed by atoms with E-state index < -0.39 is 0 Å². The van der Waals surface area contributed by atoms with Crippen LogP contribution >= 0.6 is 12.4 Å². The Morgan fingerprint density at radius 1 is 1.64 bits per heavy atom. The van der Waals surface area contributed by atoms with Crippen molar-refractivity contribution in [3.63, 3.8) is 0 Å². The number of hydrogen-bond donors (Lipinski definition) is 0. The van der Waals surface area contributed by atoms with Crippen LogP contribution in [0.25, 0.3) is 0 Å². The Kier molecular flexibility index (Phi) is 3.87. The van der Waals surface area contributed by atoms with E-state index in [2.05, 4.69) is 6.92 Å². The van der Waals surface area contributed by atoms with Crippen molar-refractivity contribution in [2.45, 2.75) is 20.3 Å². The molecule has 11 heavy (non-hydrogen) atoms. The van der Waals surface area contributed by atoms with Gasteiger partial charge in [0.15, 0.2) is 0 Å². The van der Waals surface area contributed by atoms with Crippen LogP contribution in [-0.2, 0) is 4.79 Å². The number of nitrogens with zero attached hydrogens (tertiary/aromatic N) is 1. The fraction of sp³-hybridized carbons (Fsp3) is 0.875. The zero-order chi connectivity index (χ0) is 7.72. The summed E-state index contributed by atoms with van der Waals surface area (Å²) in [7, 11) is 1.87. The molecule has 0 saturated heterocycles. The van der Waals surface area contributed by atoms with Crippen LogP contribution < -0.4 is 0 Å². The van der Waals surface area contributed by atoms with Crippen LogP contribution in [0.1, 0.15) is 20.3 Å². The van der Waals surface area contributed by atoms with Gasteiger partial charge in [-0.3, -0.25) is 4.79 Å². The van der Waals surface area contributed by atoms with Gasteiger partial charge < -0.3 is 4.90 Å². The van der Waals surface area contributed by atoms with Gasteiger partial charge in [-0.1, -0.05) is 6.92 Å². The van der Waals surface area contributed by atoms with Gasteiger partial charge in [-0.2, -0.15) is 0 Å². The first kappa shape index (κ1) is 10.8. The zero-order valence-corrected chi connectivity index (χ0v) is 8.15. The molecule has 3 heteroatoms. The molecule has 0 aromatic heterocycles. The quantitative estimate of drug-likeness (QED) is 0.627. The second-order valence-electron chi connectivity index (χ2n) is 3.17. The Morgan fingerprint density at radius 2 is 2.09 bits per heavy atom. The molecule has 0 spiro atoms. The van der Waals surface area contributed by atoms with Crippen LogP contribution in [0.5, 0.6) is 0 Å². The summed E-state index contributed by atoms with van der Waals surface area (Å²) in [5.74, 6) is 1.32. The number of hydrogen-bond acceptors (Lipinski definition) is 1. The van der Waals surface area contributed by atoms with Gasteiger partial charge in [-0.05, 0) is 19.3 Å². The molecule has 0 aromatic carbocycles. The van der Waals surface area contributed by atoms with Crippen molar-refractivity contribution in [2.24, 2.45) is 11.8 Å². The van der Waals surface area contributed by atoms with Crippen molar-refractivity contribution in [3.8, 4) is 0 Å². The molecule has 0 radical (unpaired) electrons. The maximum absolute atomic E-state index is 11.3. The van der Waals surface area contributed by atoms with E-state index in [0.717, 1.165) is 13.0 Å². The van der Waals surface area contributed by atoms with E-state index in [4.69, 9.17) is 0 Å². The standard InChI is InChI=1S/C8H15NO.ClH/c1-4-9(3)8(10)7-5-6(7)2;/h6-7H,4-5H2,1-3H3;1H. The van der Waals surface area contributed by atoms with Crippen molar-refractivity contribution >= 4 is 18.3 Å². The summed E-state index contributed by atoms with van der Waals surface area (Å²) in [6.07, 6.45) is 1.10. The van der Waals surface area contributed by atoms with Gasteiger partial charge >= 0.3 is 0 Å². The number of carbonyl (C=O) groups excluding carboxylic acids is 1. The number of carbonyl (C=O) groups is 1. The van der Waals surface area contributed by atoms with Crippen molar-refractivity contribution in [1.82, 2.24) is 4.90 Å². The molecule has 0 N–H and O–H groups in total. The SMILES string of the molecule is CCN(C)C(=O)C1CC1C.Cl. The van der Waals surface area contributed by atoms with E-state index in [1.165, 1.54) is 0 Å². The van der Waals surface area contributed by atoms with Crippen molar-refractivity contribution in [3.05, 3.63) is 0 Å². The third-order valence-electron chi connectivity index (χ3n) is 2.28. The second kappa shape index (κ2) is 3.96. The van der Waals surface area contributed by atoms with E-state index in [9.17, 15) is 4.79 Å². The third-order valence-corrected chi connectivity index (χ3v) is 2.28. The van der Waals surface area contributed by atoms with Gasteiger partial charge in [0.1, 0.15) is 0 Å². The maximum Gasteiger partial charge on any atom is 0.225 e. The normalized spacial score (nSPS) is 27.2. The molecule has 1 saturated carbocycles. The molecular formula is C8H16ClNO. The Balaban J connectivity index is 0.000001000. The molecule has 1 aliphatic rings. The first-order valence-corrected chi connectivity index (χ1v) is 3.91. The Morgan fingerprint density at radius 3 is 2.36 bits per heavy atom. The first-order valence-electron chi connectivity index (χ1n) is 3.91. The van der Waals surface area contributed by atoms with Crippen LogP contribution in [0.15, 0.2) is 0 Å². The van der Waals surface area contributed by atoms with Gasteiger partial charge in [0.05, 0.1) is 0 Å². The highest BCUT2D eigenvalue weighted by Gasteiger charge is 2.40. The lowest BCUT2D eigenvalue weighted by molar-refractivity contribution is -0.131. The fourth-order valence-corrected chi connectivity index (χ4v) is 1.11. The highest BCUT2D eigenvalue weighted by molar-refractivity contribution is 5.85. The average Bonchev–Trinajstić information content (AvgIpc) is 2.63. The number of amides is 1. The molecule has 0 bridgehead atoms. The minimum absolute atomic E-state index is 0. The van der Waals surface area contributed by atoms with Crippen molar-refractivity contribution in [2.75, 3.05) is 13.6 Å². The molecule has 0 heterocycles. The zero-order valence-electron chi connectivity index (χ0n) is 7.33. The van der Waals surface area contributed by atoms with E-state index in [1.54, 1.807) is 4.90 Å². The monoisotopic (exact) mass is 177 g/mol. The predicted molar refractivity (Wildman–Crippen MR) is 47.8 cm³/mol. The summed E-state index contributed by atoms with van der Waals surface area (Å²) in [6.45, 7) is 4.97. The lowest BCUT2D eigenvalue weighted by Gasteiger charge is -2.13. The Labute approximate surface area is 74.4 Å². The molecule has 1 amide bonds. The average molecular weight is 178 g/mol. The molecule has 2 atom stereocenters. The summed E-state index contributed by atoms with van der Waals surface area (Å²) in [6, 6.07) is 0. The minimum atomic E-state index is 0. The second-order valence-corrected chi connectivity index (χ2v) is 3.17. The Bertz CT molecular complexity index is 143. The fourth-order valence-electron chi connectivity index (χ4n) is 1.11. The molecule has 1 rings (SSSR count). The molecule has 2 unspecified atom stereocenters. The smallest absolute Gasteiger partial charge is 0.225 e. The largest absolute Gasteiger partial charge is 0.346 e. The van der Waals surface area contributed by atoms with E-state index in [1.807, 2.05) is 14.0 Å². The lowest BCUT2D eigenvalue weighted by atomic mass is 10.3. The van der Waals surface area contributed by atoms with Crippen molar-refractivity contribution < 1.29 is 4.79 Å². The van der Waals surface area contributed by atoms with Gasteiger partial charge in [-0.25, -0.2) is 0 Å². The van der Waals surface area contributed by atoms with Crippen LogP contribution in [0, 0.1) is 11.8 Å². The summed E-state index contributed by atoms with van der Waals surface area (Å²) >= 11 is 0. The third kappa shape index (κ3) is 2.37.